The lowest BCUT2D eigenvalue weighted by molar-refractivity contribution is -0.115. The van der Waals surface area contributed by atoms with Gasteiger partial charge in [0.2, 0.25) is 5.91 Å². The van der Waals surface area contributed by atoms with E-state index < -0.39 is 5.91 Å². The van der Waals surface area contributed by atoms with E-state index in [0.717, 1.165) is 19.4 Å². The molecule has 7 nitrogen and oxygen atoms in total. The Morgan fingerprint density at radius 3 is 2.88 bits per heavy atom. The van der Waals surface area contributed by atoms with E-state index in [1.165, 1.54) is 6.07 Å². The molecular formula is C18H19BrN2O5. The molecule has 1 saturated heterocycles. The van der Waals surface area contributed by atoms with Gasteiger partial charge in [-0.15, -0.1) is 0 Å². The number of nitrogens with one attached hydrogen (secondary N) is 2. The van der Waals surface area contributed by atoms with Crippen molar-refractivity contribution < 1.29 is 23.5 Å². The third-order valence-corrected chi connectivity index (χ3v) is 4.21. The van der Waals surface area contributed by atoms with Gasteiger partial charge in [0, 0.05) is 18.4 Å². The number of hydrogen-bond donors (Lipinski definition) is 2. The average Bonchev–Trinajstić information content (AvgIpc) is 3.30. The fraction of sp³-hybridized carbons (Fsp3) is 0.333. The molecule has 1 aromatic heterocycles. The van der Waals surface area contributed by atoms with Crippen LogP contribution in [0.15, 0.2) is 45.5 Å². The lowest BCUT2D eigenvalue weighted by Crippen LogP contribution is -2.32. The highest BCUT2D eigenvalue weighted by molar-refractivity contribution is 9.10. The molecule has 2 heterocycles. The maximum absolute atomic E-state index is 12.0. The molecule has 2 amide bonds. The smallest absolute Gasteiger partial charge is 0.287 e. The second kappa shape index (κ2) is 8.86. The summed E-state index contributed by atoms with van der Waals surface area (Å²) in [5.41, 5.74) is 0.592. The molecule has 1 atom stereocenters. The molecule has 0 bridgehead atoms. The molecule has 2 N–H and O–H groups in total. The molecule has 0 radical (unpaired) electrons. The fourth-order valence-corrected chi connectivity index (χ4v) is 2.82. The van der Waals surface area contributed by atoms with E-state index in [4.69, 9.17) is 13.9 Å². The van der Waals surface area contributed by atoms with Gasteiger partial charge in [-0.1, -0.05) is 6.07 Å². The minimum Gasteiger partial charge on any atom is -0.491 e. The van der Waals surface area contributed by atoms with Crippen molar-refractivity contribution in [1.82, 2.24) is 5.32 Å². The number of ether oxygens (including phenoxy) is 2. The van der Waals surface area contributed by atoms with Gasteiger partial charge in [-0.05, 0) is 53.0 Å². The molecule has 0 unspecified atom stereocenters. The second-order valence-electron chi connectivity index (χ2n) is 5.81. The zero-order valence-electron chi connectivity index (χ0n) is 14.0. The quantitative estimate of drug-likeness (QED) is 0.715. The standard InChI is InChI=1S/C18H19BrN2O5/c19-16-7-6-15(26-16)18(23)20-10-17(22)21-12-3-1-4-13(9-12)25-11-14-5-2-8-24-14/h1,3-4,6-7,9,14H,2,5,8,10-11H2,(H,20,23)(H,21,22)/t14-/m0/s1. The highest BCUT2D eigenvalue weighted by atomic mass is 79.9. The summed E-state index contributed by atoms with van der Waals surface area (Å²) in [5, 5.41) is 5.21. The van der Waals surface area contributed by atoms with Gasteiger partial charge in [0.25, 0.3) is 5.91 Å². The molecule has 8 heteroatoms. The largest absolute Gasteiger partial charge is 0.491 e. The van der Waals surface area contributed by atoms with Crippen LogP contribution in [0.4, 0.5) is 5.69 Å². The number of amides is 2. The van der Waals surface area contributed by atoms with Gasteiger partial charge < -0.3 is 24.5 Å². The van der Waals surface area contributed by atoms with Gasteiger partial charge in [0.05, 0.1) is 12.6 Å². The van der Waals surface area contributed by atoms with Crippen LogP contribution in [0.3, 0.4) is 0 Å². The van der Waals surface area contributed by atoms with Gasteiger partial charge in [-0.2, -0.15) is 0 Å². The maximum atomic E-state index is 12.0. The van der Waals surface area contributed by atoms with Crippen molar-refractivity contribution in [3.05, 3.63) is 46.8 Å². The Labute approximate surface area is 159 Å². The summed E-state index contributed by atoms with van der Waals surface area (Å²) in [6.45, 7) is 1.11. The number of benzene rings is 1. The molecule has 1 aliphatic heterocycles. The van der Waals surface area contributed by atoms with Gasteiger partial charge in [0.1, 0.15) is 12.4 Å². The number of rotatable bonds is 7. The molecule has 1 fully saturated rings. The Bertz CT molecular complexity index is 770. The molecule has 0 spiro atoms. The number of halogens is 1. The van der Waals surface area contributed by atoms with E-state index >= 15 is 0 Å². The summed E-state index contributed by atoms with van der Waals surface area (Å²) in [6.07, 6.45) is 2.19. The van der Waals surface area contributed by atoms with Crippen molar-refractivity contribution in [2.75, 3.05) is 25.1 Å². The summed E-state index contributed by atoms with van der Waals surface area (Å²) in [7, 11) is 0. The van der Waals surface area contributed by atoms with Gasteiger partial charge in [-0.3, -0.25) is 9.59 Å². The third-order valence-electron chi connectivity index (χ3n) is 3.78. The summed E-state index contributed by atoms with van der Waals surface area (Å²) in [5.74, 6) is -0.0169. The zero-order chi connectivity index (χ0) is 18.4. The van der Waals surface area contributed by atoms with E-state index in [-0.39, 0.29) is 24.3 Å². The number of carbonyl (C=O) groups is 2. The first kappa shape index (κ1) is 18.5. The van der Waals surface area contributed by atoms with Gasteiger partial charge in [0.15, 0.2) is 10.4 Å². The number of furan rings is 1. The summed E-state index contributed by atoms with van der Waals surface area (Å²) in [6, 6.07) is 10.2. The Kier molecular flexibility index (Phi) is 6.30. The van der Waals surface area contributed by atoms with Gasteiger partial charge >= 0.3 is 0 Å². The van der Waals surface area contributed by atoms with Crippen LogP contribution in [0.1, 0.15) is 23.4 Å². The van der Waals surface area contributed by atoms with Crippen LogP contribution in [0, 0.1) is 0 Å². The molecule has 0 aliphatic carbocycles. The van der Waals surface area contributed by atoms with Crippen LogP contribution in [0.25, 0.3) is 0 Å². The van der Waals surface area contributed by atoms with Crippen molar-refractivity contribution in [3.63, 3.8) is 0 Å². The predicted octanol–water partition coefficient (Wildman–Crippen LogP) is 2.97. The Balaban J connectivity index is 1.46. The SMILES string of the molecule is O=C(CNC(=O)c1ccc(Br)o1)Nc1cccc(OC[C@@H]2CCCO2)c1. The number of anilines is 1. The van der Waals surface area contributed by atoms with Crippen molar-refractivity contribution in [3.8, 4) is 5.75 Å². The highest BCUT2D eigenvalue weighted by Gasteiger charge is 2.16. The molecular weight excluding hydrogens is 404 g/mol. The van der Waals surface area contributed by atoms with Crippen LogP contribution < -0.4 is 15.4 Å². The lowest BCUT2D eigenvalue weighted by atomic mass is 10.2. The first-order valence-corrected chi connectivity index (χ1v) is 9.07. The fourth-order valence-electron chi connectivity index (χ4n) is 2.52. The van der Waals surface area contributed by atoms with Crippen LogP contribution in [0.5, 0.6) is 5.75 Å². The van der Waals surface area contributed by atoms with Crippen molar-refractivity contribution in [2.45, 2.75) is 18.9 Å². The Morgan fingerprint density at radius 1 is 1.27 bits per heavy atom. The number of hydrogen-bond acceptors (Lipinski definition) is 5. The molecule has 3 rings (SSSR count). The van der Waals surface area contributed by atoms with Crippen LogP contribution >= 0.6 is 15.9 Å². The summed E-state index contributed by atoms with van der Waals surface area (Å²) < 4.78 is 16.8. The average molecular weight is 423 g/mol. The number of carbonyl (C=O) groups excluding carboxylic acids is 2. The minimum atomic E-state index is -0.459. The van der Waals surface area contributed by atoms with Crippen LogP contribution in [0.2, 0.25) is 0 Å². The van der Waals surface area contributed by atoms with Crippen molar-refractivity contribution in [2.24, 2.45) is 0 Å². The van der Waals surface area contributed by atoms with Crippen LogP contribution in [-0.2, 0) is 9.53 Å². The molecule has 1 aliphatic rings. The van der Waals surface area contributed by atoms with E-state index in [9.17, 15) is 9.59 Å². The maximum Gasteiger partial charge on any atom is 0.287 e. The van der Waals surface area contributed by atoms with E-state index in [2.05, 4.69) is 26.6 Å². The van der Waals surface area contributed by atoms with Crippen molar-refractivity contribution >= 4 is 33.4 Å². The predicted molar refractivity (Wildman–Crippen MR) is 98.3 cm³/mol. The summed E-state index contributed by atoms with van der Waals surface area (Å²) in [4.78, 5) is 23.8. The minimum absolute atomic E-state index is 0.130. The van der Waals surface area contributed by atoms with E-state index in [0.29, 0.717) is 22.7 Å². The molecule has 26 heavy (non-hydrogen) atoms. The monoisotopic (exact) mass is 422 g/mol. The summed E-state index contributed by atoms with van der Waals surface area (Å²) >= 11 is 3.12. The molecule has 1 aromatic carbocycles. The van der Waals surface area contributed by atoms with Crippen molar-refractivity contribution in [1.29, 1.82) is 0 Å². The molecule has 2 aromatic rings. The van der Waals surface area contributed by atoms with E-state index in [1.54, 1.807) is 24.3 Å². The molecule has 0 saturated carbocycles. The lowest BCUT2D eigenvalue weighted by Gasteiger charge is -2.12. The first-order valence-electron chi connectivity index (χ1n) is 8.28. The Morgan fingerprint density at radius 2 is 2.15 bits per heavy atom. The zero-order valence-corrected chi connectivity index (χ0v) is 15.6. The first-order chi connectivity index (χ1) is 12.6. The normalized spacial score (nSPS) is 16.3. The second-order valence-corrected chi connectivity index (χ2v) is 6.59. The third kappa shape index (κ3) is 5.34. The topological polar surface area (TPSA) is 89.8 Å². The molecule has 138 valence electrons. The highest BCUT2D eigenvalue weighted by Crippen LogP contribution is 2.19. The van der Waals surface area contributed by atoms with Gasteiger partial charge in [-0.25, -0.2) is 0 Å². The van der Waals surface area contributed by atoms with E-state index in [1.807, 2.05) is 6.07 Å². The van der Waals surface area contributed by atoms with Crippen LogP contribution in [-0.4, -0.2) is 37.7 Å². The Hall–Kier alpha value is -2.32.